The first-order chi connectivity index (χ1) is 9.08. The van der Waals surface area contributed by atoms with E-state index >= 15 is 0 Å². The number of likely N-dealkylation sites (tertiary alicyclic amines) is 1. The molecule has 6 heteroatoms. The maximum absolute atomic E-state index is 11.5. The average Bonchev–Trinajstić information content (AvgIpc) is 2.99. The highest BCUT2D eigenvalue weighted by Crippen LogP contribution is 2.42. The van der Waals surface area contributed by atoms with Gasteiger partial charge in [0.2, 0.25) is 0 Å². The number of aliphatic carboxylic acids is 1. The Morgan fingerprint density at radius 2 is 2.37 bits per heavy atom. The summed E-state index contributed by atoms with van der Waals surface area (Å²) in [4.78, 5) is 17.9. The Labute approximate surface area is 117 Å². The van der Waals surface area contributed by atoms with Gasteiger partial charge in [-0.2, -0.15) is 0 Å². The summed E-state index contributed by atoms with van der Waals surface area (Å²) >= 11 is 5.98. The lowest BCUT2D eigenvalue weighted by Gasteiger charge is -2.23. The summed E-state index contributed by atoms with van der Waals surface area (Å²) in [6.45, 7) is 1.43. The van der Waals surface area contributed by atoms with Crippen LogP contribution in [-0.4, -0.2) is 38.1 Å². The SMILES string of the molecule is Cn1c(Cl)cnc1CN1CC2CCCC2C1C(=O)O. The van der Waals surface area contributed by atoms with Crippen LogP contribution in [0.4, 0.5) is 0 Å². The zero-order valence-corrected chi connectivity index (χ0v) is 11.7. The molecule has 2 heterocycles. The zero-order chi connectivity index (χ0) is 13.6. The number of imidazole rings is 1. The minimum atomic E-state index is -0.699. The predicted octanol–water partition coefficient (Wildman–Crippen LogP) is 1.76. The second-order valence-corrected chi connectivity index (χ2v) is 6.01. The van der Waals surface area contributed by atoms with Gasteiger partial charge in [-0.05, 0) is 24.7 Å². The smallest absolute Gasteiger partial charge is 0.321 e. The number of hydrogen-bond acceptors (Lipinski definition) is 3. The van der Waals surface area contributed by atoms with Gasteiger partial charge in [-0.3, -0.25) is 9.69 Å². The van der Waals surface area contributed by atoms with Gasteiger partial charge in [-0.25, -0.2) is 4.98 Å². The van der Waals surface area contributed by atoms with Gasteiger partial charge in [0, 0.05) is 13.6 Å². The van der Waals surface area contributed by atoms with Crippen molar-refractivity contribution >= 4 is 17.6 Å². The van der Waals surface area contributed by atoms with Crippen molar-refractivity contribution in [2.24, 2.45) is 18.9 Å². The molecule has 1 aromatic rings. The van der Waals surface area contributed by atoms with Gasteiger partial charge in [0.1, 0.15) is 17.0 Å². The molecule has 1 saturated carbocycles. The van der Waals surface area contributed by atoms with Gasteiger partial charge in [0.25, 0.3) is 0 Å². The number of aromatic nitrogens is 2. The summed E-state index contributed by atoms with van der Waals surface area (Å²) in [5.41, 5.74) is 0. The van der Waals surface area contributed by atoms with E-state index in [1.807, 2.05) is 11.6 Å². The minimum absolute atomic E-state index is 0.313. The number of rotatable bonds is 3. The van der Waals surface area contributed by atoms with Crippen LogP contribution in [0.15, 0.2) is 6.20 Å². The van der Waals surface area contributed by atoms with Gasteiger partial charge in [-0.15, -0.1) is 0 Å². The molecule has 104 valence electrons. The van der Waals surface area contributed by atoms with Gasteiger partial charge in [0.15, 0.2) is 0 Å². The van der Waals surface area contributed by atoms with Crippen molar-refractivity contribution in [1.29, 1.82) is 0 Å². The van der Waals surface area contributed by atoms with Crippen LogP contribution in [0.1, 0.15) is 25.1 Å². The molecule has 0 spiro atoms. The third-order valence-electron chi connectivity index (χ3n) is 4.61. The van der Waals surface area contributed by atoms with Crippen LogP contribution in [0.5, 0.6) is 0 Å². The third-order valence-corrected chi connectivity index (χ3v) is 4.96. The second kappa shape index (κ2) is 4.80. The standard InChI is InChI=1S/C13H18ClN3O2/c1-16-10(14)5-15-11(16)7-17-6-8-3-2-4-9(8)12(17)13(18)19/h5,8-9,12H,2-4,6-7H2,1H3,(H,18,19). The fraction of sp³-hybridized carbons (Fsp3) is 0.692. The van der Waals surface area contributed by atoms with Crippen molar-refractivity contribution < 1.29 is 9.90 Å². The Bertz CT molecular complexity index is 502. The quantitative estimate of drug-likeness (QED) is 0.918. The van der Waals surface area contributed by atoms with E-state index in [0.717, 1.165) is 25.2 Å². The van der Waals surface area contributed by atoms with Gasteiger partial charge < -0.3 is 9.67 Å². The number of halogens is 1. The molecule has 19 heavy (non-hydrogen) atoms. The van der Waals surface area contributed by atoms with E-state index in [9.17, 15) is 9.90 Å². The van der Waals surface area contributed by atoms with Crippen molar-refractivity contribution in [1.82, 2.24) is 14.5 Å². The molecule has 1 aromatic heterocycles. The van der Waals surface area contributed by atoms with Crippen molar-refractivity contribution in [3.63, 3.8) is 0 Å². The van der Waals surface area contributed by atoms with Crippen LogP contribution in [0, 0.1) is 11.8 Å². The molecule has 3 unspecified atom stereocenters. The van der Waals surface area contributed by atoms with E-state index in [-0.39, 0.29) is 6.04 Å². The number of fused-ring (bicyclic) bond motifs is 1. The Morgan fingerprint density at radius 1 is 1.58 bits per heavy atom. The van der Waals surface area contributed by atoms with Gasteiger partial charge >= 0.3 is 5.97 Å². The molecule has 5 nitrogen and oxygen atoms in total. The Hall–Kier alpha value is -1.07. The van der Waals surface area contributed by atoms with Crippen LogP contribution in [0.2, 0.25) is 5.15 Å². The molecule has 1 N–H and O–H groups in total. The maximum atomic E-state index is 11.5. The van der Waals surface area contributed by atoms with Crippen LogP contribution in [-0.2, 0) is 18.4 Å². The predicted molar refractivity (Wildman–Crippen MR) is 70.9 cm³/mol. The lowest BCUT2D eigenvalue weighted by Crippen LogP contribution is -2.39. The highest BCUT2D eigenvalue weighted by atomic mass is 35.5. The monoisotopic (exact) mass is 283 g/mol. The highest BCUT2D eigenvalue weighted by molar-refractivity contribution is 6.29. The zero-order valence-electron chi connectivity index (χ0n) is 10.9. The van der Waals surface area contributed by atoms with Crippen LogP contribution < -0.4 is 0 Å². The van der Waals surface area contributed by atoms with E-state index in [0.29, 0.717) is 23.5 Å². The fourth-order valence-electron chi connectivity index (χ4n) is 3.65. The van der Waals surface area contributed by atoms with E-state index < -0.39 is 5.97 Å². The number of carboxylic acids is 1. The summed E-state index contributed by atoms with van der Waals surface area (Å²) in [7, 11) is 1.86. The van der Waals surface area contributed by atoms with Crippen LogP contribution >= 0.6 is 11.6 Å². The first-order valence-corrected chi connectivity index (χ1v) is 7.08. The molecule has 2 aliphatic rings. The van der Waals surface area contributed by atoms with E-state index in [1.165, 1.54) is 6.42 Å². The molecule has 3 rings (SSSR count). The molecule has 1 aliphatic carbocycles. The molecule has 0 bridgehead atoms. The lowest BCUT2D eigenvalue weighted by atomic mass is 9.94. The summed E-state index contributed by atoms with van der Waals surface area (Å²) in [6.07, 6.45) is 4.98. The number of carboxylic acid groups (broad SMARTS) is 1. The normalized spacial score (nSPS) is 30.7. The summed E-state index contributed by atoms with van der Waals surface area (Å²) in [5.74, 6) is 0.982. The molecular weight excluding hydrogens is 266 g/mol. The Morgan fingerprint density at radius 3 is 3.00 bits per heavy atom. The highest BCUT2D eigenvalue weighted by Gasteiger charge is 2.47. The van der Waals surface area contributed by atoms with Crippen molar-refractivity contribution in [3.8, 4) is 0 Å². The first-order valence-electron chi connectivity index (χ1n) is 6.71. The average molecular weight is 284 g/mol. The summed E-state index contributed by atoms with van der Waals surface area (Å²) in [5, 5.41) is 10.1. The molecule has 1 aliphatic heterocycles. The number of hydrogen-bond donors (Lipinski definition) is 1. The van der Waals surface area contributed by atoms with E-state index in [2.05, 4.69) is 9.88 Å². The number of carbonyl (C=O) groups is 1. The summed E-state index contributed by atoms with van der Waals surface area (Å²) in [6, 6.07) is -0.358. The van der Waals surface area contributed by atoms with Crippen LogP contribution in [0.3, 0.4) is 0 Å². The molecule has 1 saturated heterocycles. The third kappa shape index (κ3) is 2.15. The fourth-order valence-corrected chi connectivity index (χ4v) is 3.79. The molecule has 3 atom stereocenters. The maximum Gasteiger partial charge on any atom is 0.321 e. The van der Waals surface area contributed by atoms with Crippen molar-refractivity contribution in [2.75, 3.05) is 6.54 Å². The Balaban J connectivity index is 1.80. The van der Waals surface area contributed by atoms with Gasteiger partial charge in [-0.1, -0.05) is 18.0 Å². The molecule has 2 fully saturated rings. The van der Waals surface area contributed by atoms with E-state index in [1.54, 1.807) is 6.20 Å². The lowest BCUT2D eigenvalue weighted by molar-refractivity contribution is -0.143. The van der Waals surface area contributed by atoms with Crippen molar-refractivity contribution in [3.05, 3.63) is 17.2 Å². The molecule has 0 radical (unpaired) electrons. The second-order valence-electron chi connectivity index (χ2n) is 5.62. The topological polar surface area (TPSA) is 58.4 Å². The molecule has 0 amide bonds. The Kier molecular flexibility index (Phi) is 3.27. The first kappa shape index (κ1) is 12.9. The van der Waals surface area contributed by atoms with Crippen molar-refractivity contribution in [2.45, 2.75) is 31.8 Å². The largest absolute Gasteiger partial charge is 0.480 e. The van der Waals surface area contributed by atoms with Crippen LogP contribution in [0.25, 0.3) is 0 Å². The summed E-state index contributed by atoms with van der Waals surface area (Å²) < 4.78 is 1.81. The number of nitrogens with zero attached hydrogens (tertiary/aromatic N) is 3. The molecular formula is C13H18ClN3O2. The van der Waals surface area contributed by atoms with Gasteiger partial charge in [0.05, 0.1) is 12.7 Å². The van der Waals surface area contributed by atoms with E-state index in [4.69, 9.17) is 11.6 Å². The minimum Gasteiger partial charge on any atom is -0.480 e. The molecule has 0 aromatic carbocycles.